The first-order valence-electron chi connectivity index (χ1n) is 10.1. The van der Waals surface area contributed by atoms with E-state index in [1.54, 1.807) is 18.3 Å². The van der Waals surface area contributed by atoms with Gasteiger partial charge in [-0.2, -0.15) is 0 Å². The Kier molecular flexibility index (Phi) is 5.43. The van der Waals surface area contributed by atoms with Gasteiger partial charge >= 0.3 is 0 Å². The van der Waals surface area contributed by atoms with Gasteiger partial charge in [0.2, 0.25) is 5.91 Å². The summed E-state index contributed by atoms with van der Waals surface area (Å²) in [4.78, 5) is 24.2. The van der Waals surface area contributed by atoms with E-state index in [2.05, 4.69) is 18.8 Å². The Morgan fingerprint density at radius 3 is 2.76 bits per heavy atom. The molecule has 0 saturated carbocycles. The molecule has 0 bridgehead atoms. The van der Waals surface area contributed by atoms with E-state index in [9.17, 15) is 9.18 Å². The standard InChI is InChI=1S/C23H25FN4O/c1-16(2)23-25-12-14-28(23)21-7-3-5-19(26-21)20-6-4-13-27(20)22(29)15-17-8-10-18(24)11-9-17/h3,5,7-12,14,16,20H,4,6,13,15H2,1-2H3/t20-/m0/s1. The number of rotatable bonds is 5. The fraction of sp³-hybridized carbons (Fsp3) is 0.348. The highest BCUT2D eigenvalue weighted by molar-refractivity contribution is 5.79. The van der Waals surface area contributed by atoms with Crippen molar-refractivity contribution in [2.45, 2.75) is 45.1 Å². The Morgan fingerprint density at radius 1 is 1.21 bits per heavy atom. The molecular weight excluding hydrogens is 367 g/mol. The minimum absolute atomic E-state index is 0.0334. The van der Waals surface area contributed by atoms with Crippen molar-refractivity contribution in [3.63, 3.8) is 0 Å². The number of pyridine rings is 1. The number of carbonyl (C=O) groups excluding carboxylic acids is 1. The van der Waals surface area contributed by atoms with Gasteiger partial charge in [0.25, 0.3) is 0 Å². The number of halogens is 1. The van der Waals surface area contributed by atoms with E-state index in [-0.39, 0.29) is 30.1 Å². The summed E-state index contributed by atoms with van der Waals surface area (Å²) in [7, 11) is 0. The highest BCUT2D eigenvalue weighted by Gasteiger charge is 2.31. The van der Waals surface area contributed by atoms with Gasteiger partial charge in [-0.25, -0.2) is 14.4 Å². The second kappa shape index (κ2) is 8.15. The van der Waals surface area contributed by atoms with Crippen molar-refractivity contribution in [1.82, 2.24) is 19.4 Å². The van der Waals surface area contributed by atoms with E-state index < -0.39 is 0 Å². The SMILES string of the molecule is CC(C)c1nccn1-c1cccc([C@@H]2CCCN2C(=O)Cc2ccc(F)cc2)n1. The summed E-state index contributed by atoms with van der Waals surface area (Å²) >= 11 is 0. The molecule has 0 N–H and O–H groups in total. The molecule has 0 radical (unpaired) electrons. The number of aromatic nitrogens is 3. The molecule has 1 saturated heterocycles. The highest BCUT2D eigenvalue weighted by atomic mass is 19.1. The van der Waals surface area contributed by atoms with Crippen molar-refractivity contribution in [2.75, 3.05) is 6.54 Å². The van der Waals surface area contributed by atoms with Gasteiger partial charge in [-0.3, -0.25) is 9.36 Å². The summed E-state index contributed by atoms with van der Waals surface area (Å²) < 4.78 is 15.1. The highest BCUT2D eigenvalue weighted by Crippen LogP contribution is 2.32. The first-order chi connectivity index (χ1) is 14.0. The van der Waals surface area contributed by atoms with Gasteiger partial charge in [0.1, 0.15) is 17.5 Å². The van der Waals surface area contributed by atoms with E-state index in [1.807, 2.05) is 33.9 Å². The fourth-order valence-electron chi connectivity index (χ4n) is 3.95. The molecule has 3 heterocycles. The van der Waals surface area contributed by atoms with Gasteiger partial charge in [0, 0.05) is 24.9 Å². The zero-order chi connectivity index (χ0) is 20.4. The molecule has 0 aliphatic carbocycles. The van der Waals surface area contributed by atoms with Crippen molar-refractivity contribution in [3.8, 4) is 5.82 Å². The van der Waals surface area contributed by atoms with Crippen LogP contribution in [-0.4, -0.2) is 31.9 Å². The van der Waals surface area contributed by atoms with Crippen LogP contribution in [0.4, 0.5) is 4.39 Å². The number of hydrogen-bond donors (Lipinski definition) is 0. The average Bonchev–Trinajstić information content (AvgIpc) is 3.39. The Hall–Kier alpha value is -3.02. The summed E-state index contributed by atoms with van der Waals surface area (Å²) in [5.74, 6) is 1.83. The van der Waals surface area contributed by atoms with Gasteiger partial charge in [-0.15, -0.1) is 0 Å². The van der Waals surface area contributed by atoms with Gasteiger partial charge < -0.3 is 4.90 Å². The van der Waals surface area contributed by atoms with Crippen LogP contribution in [0.15, 0.2) is 54.9 Å². The summed E-state index contributed by atoms with van der Waals surface area (Å²) in [6.07, 6.45) is 5.83. The summed E-state index contributed by atoms with van der Waals surface area (Å²) in [6, 6.07) is 12.0. The Balaban J connectivity index is 1.56. The quantitative estimate of drug-likeness (QED) is 0.645. The number of likely N-dealkylation sites (tertiary alicyclic amines) is 1. The zero-order valence-corrected chi connectivity index (χ0v) is 16.8. The smallest absolute Gasteiger partial charge is 0.227 e. The van der Waals surface area contributed by atoms with Crippen LogP contribution >= 0.6 is 0 Å². The van der Waals surface area contributed by atoms with Crippen LogP contribution in [0.3, 0.4) is 0 Å². The van der Waals surface area contributed by atoms with Gasteiger partial charge in [0.05, 0.1) is 18.2 Å². The molecule has 1 fully saturated rings. The topological polar surface area (TPSA) is 51.0 Å². The first-order valence-corrected chi connectivity index (χ1v) is 10.1. The van der Waals surface area contributed by atoms with E-state index in [1.165, 1.54) is 12.1 Å². The van der Waals surface area contributed by atoms with Crippen LogP contribution < -0.4 is 0 Å². The largest absolute Gasteiger partial charge is 0.334 e. The van der Waals surface area contributed by atoms with Crippen molar-refractivity contribution >= 4 is 5.91 Å². The van der Waals surface area contributed by atoms with E-state index in [4.69, 9.17) is 4.98 Å². The molecule has 29 heavy (non-hydrogen) atoms. The second-order valence-electron chi connectivity index (χ2n) is 7.78. The first kappa shape index (κ1) is 19.3. The van der Waals surface area contributed by atoms with E-state index in [0.717, 1.165) is 42.3 Å². The molecule has 0 unspecified atom stereocenters. The van der Waals surface area contributed by atoms with Gasteiger partial charge in [-0.1, -0.05) is 32.0 Å². The Morgan fingerprint density at radius 2 is 2.00 bits per heavy atom. The van der Waals surface area contributed by atoms with Crippen LogP contribution in [0.5, 0.6) is 0 Å². The molecule has 1 atom stereocenters. The maximum Gasteiger partial charge on any atom is 0.227 e. The number of nitrogens with zero attached hydrogens (tertiary/aromatic N) is 4. The van der Waals surface area contributed by atoms with E-state index >= 15 is 0 Å². The van der Waals surface area contributed by atoms with Crippen molar-refractivity contribution < 1.29 is 9.18 Å². The van der Waals surface area contributed by atoms with E-state index in [0.29, 0.717) is 0 Å². The maximum atomic E-state index is 13.1. The van der Waals surface area contributed by atoms with Crippen LogP contribution in [0.25, 0.3) is 5.82 Å². The van der Waals surface area contributed by atoms with Crippen LogP contribution in [-0.2, 0) is 11.2 Å². The lowest BCUT2D eigenvalue weighted by molar-refractivity contribution is -0.131. The molecule has 1 aliphatic rings. The monoisotopic (exact) mass is 392 g/mol. The summed E-state index contributed by atoms with van der Waals surface area (Å²) in [5, 5.41) is 0. The molecule has 4 rings (SSSR count). The molecule has 5 nitrogen and oxygen atoms in total. The third-order valence-corrected chi connectivity index (χ3v) is 5.37. The predicted molar refractivity (Wildman–Crippen MR) is 109 cm³/mol. The van der Waals surface area contributed by atoms with Crippen molar-refractivity contribution in [2.24, 2.45) is 0 Å². The van der Waals surface area contributed by atoms with Crippen molar-refractivity contribution in [3.05, 3.63) is 77.8 Å². The number of imidazole rings is 1. The summed E-state index contributed by atoms with van der Waals surface area (Å²) in [6.45, 7) is 4.93. The van der Waals surface area contributed by atoms with Gasteiger partial charge in [0.15, 0.2) is 0 Å². The Labute approximate surface area is 170 Å². The Bertz CT molecular complexity index is 996. The third kappa shape index (κ3) is 4.06. The van der Waals surface area contributed by atoms with Crippen LogP contribution in [0.1, 0.15) is 55.7 Å². The van der Waals surface area contributed by atoms with Gasteiger partial charge in [-0.05, 0) is 42.7 Å². The lowest BCUT2D eigenvalue weighted by Crippen LogP contribution is -2.32. The fourth-order valence-corrected chi connectivity index (χ4v) is 3.95. The minimum atomic E-state index is -0.290. The number of benzene rings is 1. The molecular formula is C23H25FN4O. The molecule has 150 valence electrons. The summed E-state index contributed by atoms with van der Waals surface area (Å²) in [5.41, 5.74) is 1.72. The third-order valence-electron chi connectivity index (χ3n) is 5.37. The lowest BCUT2D eigenvalue weighted by atomic mass is 10.1. The van der Waals surface area contributed by atoms with Crippen LogP contribution in [0.2, 0.25) is 0 Å². The zero-order valence-electron chi connectivity index (χ0n) is 16.8. The average molecular weight is 392 g/mol. The normalized spacial score (nSPS) is 16.6. The molecule has 6 heteroatoms. The molecule has 1 aliphatic heterocycles. The second-order valence-corrected chi connectivity index (χ2v) is 7.78. The number of amides is 1. The lowest BCUT2D eigenvalue weighted by Gasteiger charge is -2.25. The molecule has 0 spiro atoms. The number of hydrogen-bond acceptors (Lipinski definition) is 3. The molecule has 1 aromatic carbocycles. The number of carbonyl (C=O) groups is 1. The molecule has 3 aromatic rings. The minimum Gasteiger partial charge on any atom is -0.334 e. The maximum absolute atomic E-state index is 13.1. The van der Waals surface area contributed by atoms with Crippen molar-refractivity contribution in [1.29, 1.82) is 0 Å². The molecule has 1 amide bonds. The molecule has 2 aromatic heterocycles. The predicted octanol–water partition coefficient (Wildman–Crippen LogP) is 4.44. The van der Waals surface area contributed by atoms with Crippen LogP contribution in [0, 0.1) is 5.82 Å².